The third-order valence-corrected chi connectivity index (χ3v) is 7.53. The maximum Gasteiger partial charge on any atom is 0.264 e. The largest absolute Gasteiger partial charge is 0.334 e. The van der Waals surface area contributed by atoms with Crippen LogP contribution in [-0.2, 0) is 10.0 Å². The zero-order valence-electron chi connectivity index (χ0n) is 13.8. The fraction of sp³-hybridized carbons (Fsp3) is 0.688. The van der Waals surface area contributed by atoms with Gasteiger partial charge in [0.2, 0.25) is 10.0 Å². The molecule has 1 saturated heterocycles. The van der Waals surface area contributed by atoms with Crippen molar-refractivity contribution in [3.8, 4) is 0 Å². The summed E-state index contributed by atoms with van der Waals surface area (Å²) in [7, 11) is -3.31. The maximum absolute atomic E-state index is 12.8. The lowest BCUT2D eigenvalue weighted by Gasteiger charge is -2.31. The molecule has 0 unspecified atom stereocenters. The van der Waals surface area contributed by atoms with E-state index in [2.05, 4.69) is 5.32 Å². The number of hydrogen-bond acceptors (Lipinski definition) is 5. The van der Waals surface area contributed by atoms with Gasteiger partial charge in [-0.2, -0.15) is 4.31 Å². The molecule has 1 amide bonds. The molecule has 2 aliphatic rings. The predicted molar refractivity (Wildman–Crippen MR) is 95.8 cm³/mol. The van der Waals surface area contributed by atoms with Crippen molar-refractivity contribution in [3.63, 3.8) is 0 Å². The molecule has 0 aromatic carbocycles. The van der Waals surface area contributed by atoms with Crippen molar-refractivity contribution in [2.24, 2.45) is 0 Å². The van der Waals surface area contributed by atoms with E-state index in [1.165, 1.54) is 11.3 Å². The Morgan fingerprint density at radius 2 is 2.00 bits per heavy atom. The van der Waals surface area contributed by atoms with Crippen molar-refractivity contribution < 1.29 is 13.2 Å². The number of nitrogens with one attached hydrogen (secondary N) is 1. The van der Waals surface area contributed by atoms with Crippen molar-refractivity contribution in [2.45, 2.75) is 31.7 Å². The zero-order valence-corrected chi connectivity index (χ0v) is 15.4. The lowest BCUT2D eigenvalue weighted by molar-refractivity contribution is 0.0699. The molecule has 2 fully saturated rings. The molecule has 1 aromatic rings. The number of thiophene rings is 1. The SMILES string of the molecule is O=C(c1cccs1)N(CCS(=O)(=O)N1CCNCC1)C1CCCC1. The molecule has 1 aromatic heterocycles. The van der Waals surface area contributed by atoms with E-state index >= 15 is 0 Å². The second-order valence-corrected chi connectivity index (χ2v) is 9.42. The van der Waals surface area contributed by atoms with E-state index in [4.69, 9.17) is 0 Å². The van der Waals surface area contributed by atoms with E-state index < -0.39 is 10.0 Å². The summed E-state index contributed by atoms with van der Waals surface area (Å²) in [5, 5.41) is 5.05. The van der Waals surface area contributed by atoms with Gasteiger partial charge in [-0.25, -0.2) is 8.42 Å². The second kappa shape index (κ2) is 7.95. The Morgan fingerprint density at radius 1 is 1.29 bits per heavy atom. The van der Waals surface area contributed by atoms with Crippen LogP contribution in [-0.4, -0.2) is 68.0 Å². The molecule has 0 bridgehead atoms. The van der Waals surface area contributed by atoms with Gasteiger partial charge < -0.3 is 10.2 Å². The minimum atomic E-state index is -3.31. The Kier molecular flexibility index (Phi) is 5.91. The minimum Gasteiger partial charge on any atom is -0.334 e. The number of nitrogens with zero attached hydrogens (tertiary/aromatic N) is 2. The van der Waals surface area contributed by atoms with Crippen molar-refractivity contribution in [1.82, 2.24) is 14.5 Å². The molecule has 1 saturated carbocycles. The summed E-state index contributed by atoms with van der Waals surface area (Å²) in [4.78, 5) is 15.3. The van der Waals surface area contributed by atoms with Crippen molar-refractivity contribution in [3.05, 3.63) is 22.4 Å². The Labute approximate surface area is 147 Å². The van der Waals surface area contributed by atoms with Crippen molar-refractivity contribution in [2.75, 3.05) is 38.5 Å². The van der Waals surface area contributed by atoms with Gasteiger partial charge in [0.05, 0.1) is 10.6 Å². The standard InChI is InChI=1S/C16H25N3O3S2/c20-16(15-6-3-12-23-15)19(14-4-1-2-5-14)11-13-24(21,22)18-9-7-17-8-10-18/h3,6,12,14,17H,1-2,4-5,7-11,13H2. The highest BCUT2D eigenvalue weighted by Gasteiger charge is 2.31. The summed E-state index contributed by atoms with van der Waals surface area (Å²) >= 11 is 1.42. The first kappa shape index (κ1) is 17.8. The van der Waals surface area contributed by atoms with Crippen LogP contribution in [0.25, 0.3) is 0 Å². The van der Waals surface area contributed by atoms with E-state index in [0.717, 1.165) is 25.7 Å². The monoisotopic (exact) mass is 371 g/mol. The summed E-state index contributed by atoms with van der Waals surface area (Å²) in [6.07, 6.45) is 4.18. The fourth-order valence-electron chi connectivity index (χ4n) is 3.47. The number of piperazine rings is 1. The van der Waals surface area contributed by atoms with Crippen LogP contribution < -0.4 is 5.32 Å². The van der Waals surface area contributed by atoms with Gasteiger partial charge >= 0.3 is 0 Å². The van der Waals surface area contributed by atoms with Crippen LogP contribution in [0.15, 0.2) is 17.5 Å². The third kappa shape index (κ3) is 4.17. The highest BCUT2D eigenvalue weighted by Crippen LogP contribution is 2.26. The van der Waals surface area contributed by atoms with Gasteiger partial charge in [0.1, 0.15) is 0 Å². The van der Waals surface area contributed by atoms with E-state index in [-0.39, 0.29) is 24.2 Å². The van der Waals surface area contributed by atoms with E-state index in [1.54, 1.807) is 9.21 Å². The number of carbonyl (C=O) groups is 1. The molecular formula is C16H25N3O3S2. The van der Waals surface area contributed by atoms with Gasteiger partial charge in [-0.15, -0.1) is 11.3 Å². The predicted octanol–water partition coefficient (Wildman–Crippen LogP) is 1.37. The number of amides is 1. The first-order chi connectivity index (χ1) is 11.6. The van der Waals surface area contributed by atoms with Gasteiger partial charge in [0.25, 0.3) is 5.91 Å². The maximum atomic E-state index is 12.8. The first-order valence-electron chi connectivity index (χ1n) is 8.61. The summed E-state index contributed by atoms with van der Waals surface area (Å²) < 4.78 is 26.7. The van der Waals surface area contributed by atoms with Crippen molar-refractivity contribution in [1.29, 1.82) is 0 Å². The summed E-state index contributed by atoms with van der Waals surface area (Å²) in [6, 6.07) is 3.86. The van der Waals surface area contributed by atoms with E-state index in [0.29, 0.717) is 31.1 Å². The summed E-state index contributed by atoms with van der Waals surface area (Å²) in [6.45, 7) is 2.71. The van der Waals surface area contributed by atoms with Gasteiger partial charge in [-0.05, 0) is 24.3 Å². The fourth-order valence-corrected chi connectivity index (χ4v) is 5.58. The number of sulfonamides is 1. The van der Waals surface area contributed by atoms with Gasteiger partial charge in [-0.1, -0.05) is 18.9 Å². The van der Waals surface area contributed by atoms with E-state index in [1.807, 2.05) is 17.5 Å². The van der Waals surface area contributed by atoms with Crippen LogP contribution >= 0.6 is 11.3 Å². The molecular weight excluding hydrogens is 346 g/mol. The van der Waals surface area contributed by atoms with E-state index in [9.17, 15) is 13.2 Å². The molecule has 8 heteroatoms. The van der Waals surface area contributed by atoms with Gasteiger partial charge in [0.15, 0.2) is 0 Å². The van der Waals surface area contributed by atoms with Gasteiger partial charge in [0, 0.05) is 38.8 Å². The molecule has 3 rings (SSSR count). The number of carbonyl (C=O) groups excluding carboxylic acids is 1. The Morgan fingerprint density at radius 3 is 2.62 bits per heavy atom. The normalized spacial score (nSPS) is 20.3. The first-order valence-corrected chi connectivity index (χ1v) is 11.1. The Balaban J connectivity index is 1.68. The number of rotatable bonds is 6. The molecule has 0 radical (unpaired) electrons. The molecule has 0 atom stereocenters. The average molecular weight is 372 g/mol. The van der Waals surface area contributed by atoms with Crippen LogP contribution in [0.3, 0.4) is 0 Å². The Hall–Kier alpha value is -0.960. The molecule has 134 valence electrons. The molecule has 0 spiro atoms. The van der Waals surface area contributed by atoms with Gasteiger partial charge in [-0.3, -0.25) is 4.79 Å². The lowest BCUT2D eigenvalue weighted by atomic mass is 10.2. The highest BCUT2D eigenvalue weighted by atomic mass is 32.2. The molecule has 24 heavy (non-hydrogen) atoms. The molecule has 1 aliphatic carbocycles. The second-order valence-electron chi connectivity index (χ2n) is 6.38. The summed E-state index contributed by atoms with van der Waals surface area (Å²) in [5.41, 5.74) is 0. The third-order valence-electron chi connectivity index (χ3n) is 4.82. The van der Waals surface area contributed by atoms with Crippen LogP contribution in [0.1, 0.15) is 35.4 Å². The molecule has 2 heterocycles. The topological polar surface area (TPSA) is 69.7 Å². The lowest BCUT2D eigenvalue weighted by Crippen LogP contribution is -2.49. The van der Waals surface area contributed by atoms with Crippen molar-refractivity contribution >= 4 is 27.3 Å². The van der Waals surface area contributed by atoms with Crippen LogP contribution in [0.4, 0.5) is 0 Å². The quantitative estimate of drug-likeness (QED) is 0.820. The summed E-state index contributed by atoms with van der Waals surface area (Å²) in [5.74, 6) is -0.00642. The van der Waals surface area contributed by atoms with Crippen LogP contribution in [0, 0.1) is 0 Å². The minimum absolute atomic E-state index is 0.0145. The highest BCUT2D eigenvalue weighted by molar-refractivity contribution is 7.89. The average Bonchev–Trinajstić information content (AvgIpc) is 3.29. The smallest absolute Gasteiger partial charge is 0.264 e. The number of hydrogen-bond donors (Lipinski definition) is 1. The van der Waals surface area contributed by atoms with Crippen LogP contribution in [0.2, 0.25) is 0 Å². The Bertz CT molecular complexity index is 634. The molecule has 1 aliphatic heterocycles. The molecule has 1 N–H and O–H groups in total. The molecule has 6 nitrogen and oxygen atoms in total. The van der Waals surface area contributed by atoms with Crippen LogP contribution in [0.5, 0.6) is 0 Å². The zero-order chi connectivity index (χ0) is 17.0.